The Hall–Kier alpha value is -0.190. The molecule has 0 N–H and O–H groups in total. The quantitative estimate of drug-likeness (QED) is 0.758. The third-order valence-corrected chi connectivity index (χ3v) is 4.84. The molecule has 0 saturated heterocycles. The molecule has 2 aromatic rings. The number of methoxy groups -OCH3 is 1. The number of hydrogen-bond acceptors (Lipinski definition) is 3. The average molecular weight is 289 g/mol. The third-order valence-electron chi connectivity index (χ3n) is 1.99. The summed E-state index contributed by atoms with van der Waals surface area (Å²) in [4.78, 5) is 1.29. The second-order valence-corrected chi connectivity index (χ2v) is 5.48. The largest absolute Gasteiger partial charge is 0.487 e. The molecule has 0 radical (unpaired) electrons. The lowest BCUT2D eigenvalue weighted by Crippen LogP contribution is -1.74. The number of fused-ring (bicyclic) bond motifs is 1. The van der Waals surface area contributed by atoms with Gasteiger partial charge in [-0.25, -0.2) is 0 Å². The minimum absolute atomic E-state index is 0.960. The summed E-state index contributed by atoms with van der Waals surface area (Å²) < 4.78 is 7.64. The van der Waals surface area contributed by atoms with Gasteiger partial charge in [0, 0.05) is 20.8 Å². The Kier molecular flexibility index (Phi) is 3.04. The van der Waals surface area contributed by atoms with Gasteiger partial charge in [-0.1, -0.05) is 11.3 Å². The van der Waals surface area contributed by atoms with Crippen molar-refractivity contribution in [3.05, 3.63) is 22.7 Å². The van der Waals surface area contributed by atoms with E-state index in [4.69, 9.17) is 4.74 Å². The van der Waals surface area contributed by atoms with Gasteiger partial charge in [0.2, 0.25) is 0 Å². The highest BCUT2D eigenvalue weighted by molar-refractivity contribution is 9.10. The first-order chi connectivity index (χ1) is 6.76. The maximum atomic E-state index is 5.24. The van der Waals surface area contributed by atoms with Crippen LogP contribution in [0.3, 0.4) is 0 Å². The molecule has 0 atom stereocenters. The van der Waals surface area contributed by atoms with E-state index in [9.17, 15) is 0 Å². The van der Waals surface area contributed by atoms with Crippen LogP contribution in [-0.4, -0.2) is 13.4 Å². The van der Waals surface area contributed by atoms with E-state index in [1.807, 2.05) is 0 Å². The van der Waals surface area contributed by atoms with Crippen molar-refractivity contribution >= 4 is 49.1 Å². The molecule has 0 bridgehead atoms. The van der Waals surface area contributed by atoms with Crippen molar-refractivity contribution in [1.29, 1.82) is 0 Å². The van der Waals surface area contributed by atoms with Crippen LogP contribution in [0.4, 0.5) is 0 Å². The number of benzene rings is 1. The Labute approximate surface area is 99.6 Å². The van der Waals surface area contributed by atoms with E-state index in [1.54, 1.807) is 30.2 Å². The molecule has 0 aliphatic carbocycles. The molecule has 0 fully saturated rings. The Morgan fingerprint density at radius 1 is 1.43 bits per heavy atom. The van der Waals surface area contributed by atoms with Gasteiger partial charge in [-0.15, -0.1) is 11.8 Å². The van der Waals surface area contributed by atoms with Crippen LogP contribution in [0.5, 0.6) is 5.06 Å². The molecule has 4 heteroatoms. The van der Waals surface area contributed by atoms with Gasteiger partial charge < -0.3 is 4.74 Å². The van der Waals surface area contributed by atoms with Gasteiger partial charge >= 0.3 is 0 Å². The summed E-state index contributed by atoms with van der Waals surface area (Å²) in [5.74, 6) is 0. The number of hydrogen-bond donors (Lipinski definition) is 0. The van der Waals surface area contributed by atoms with Crippen LogP contribution in [0.2, 0.25) is 0 Å². The van der Waals surface area contributed by atoms with Gasteiger partial charge in [-0.3, -0.25) is 0 Å². The molecule has 14 heavy (non-hydrogen) atoms. The lowest BCUT2D eigenvalue weighted by Gasteiger charge is -1.99. The van der Waals surface area contributed by atoms with E-state index >= 15 is 0 Å². The van der Waals surface area contributed by atoms with Gasteiger partial charge in [0.15, 0.2) is 5.06 Å². The lowest BCUT2D eigenvalue weighted by molar-refractivity contribution is 0.427. The fourth-order valence-electron chi connectivity index (χ4n) is 1.32. The molecule has 0 aliphatic rings. The van der Waals surface area contributed by atoms with Crippen LogP contribution in [0.25, 0.3) is 10.1 Å². The third kappa shape index (κ3) is 1.66. The average Bonchev–Trinajstić information content (AvgIpc) is 2.63. The standard InChI is InChI=1S/C10H9BrOS2/c1-12-9-5-6-8(13-2)4-3-7(11)10(6)14-9/h3-5H,1-2H3. The minimum atomic E-state index is 0.960. The number of thiophene rings is 1. The van der Waals surface area contributed by atoms with Gasteiger partial charge in [-0.2, -0.15) is 0 Å². The van der Waals surface area contributed by atoms with Crippen molar-refractivity contribution < 1.29 is 4.74 Å². The number of ether oxygens (including phenoxy) is 1. The fraction of sp³-hybridized carbons (Fsp3) is 0.200. The summed E-state index contributed by atoms with van der Waals surface area (Å²) >= 11 is 6.98. The number of halogens is 1. The minimum Gasteiger partial charge on any atom is -0.487 e. The molecule has 2 rings (SSSR count). The SMILES string of the molecule is COc1cc2c(SC)ccc(Br)c2s1. The monoisotopic (exact) mass is 288 g/mol. The smallest absolute Gasteiger partial charge is 0.174 e. The summed E-state index contributed by atoms with van der Waals surface area (Å²) in [7, 11) is 1.71. The molecule has 1 heterocycles. The highest BCUT2D eigenvalue weighted by atomic mass is 79.9. The maximum Gasteiger partial charge on any atom is 0.174 e. The van der Waals surface area contributed by atoms with Crippen molar-refractivity contribution in [2.75, 3.05) is 13.4 Å². The van der Waals surface area contributed by atoms with E-state index in [2.05, 4.69) is 40.4 Å². The summed E-state index contributed by atoms with van der Waals surface area (Å²) in [6.07, 6.45) is 2.09. The zero-order valence-electron chi connectivity index (χ0n) is 7.83. The molecular weight excluding hydrogens is 280 g/mol. The van der Waals surface area contributed by atoms with Crippen LogP contribution in [0.1, 0.15) is 0 Å². The van der Waals surface area contributed by atoms with E-state index in [-0.39, 0.29) is 0 Å². The number of thioether (sulfide) groups is 1. The highest BCUT2D eigenvalue weighted by Crippen LogP contribution is 2.40. The van der Waals surface area contributed by atoms with Crippen molar-refractivity contribution in [3.63, 3.8) is 0 Å². The first-order valence-electron chi connectivity index (χ1n) is 4.06. The van der Waals surface area contributed by atoms with Crippen molar-refractivity contribution in [2.24, 2.45) is 0 Å². The number of rotatable bonds is 2. The molecule has 74 valence electrons. The predicted molar refractivity (Wildman–Crippen MR) is 67.9 cm³/mol. The van der Waals surface area contributed by atoms with Crippen molar-refractivity contribution in [1.82, 2.24) is 0 Å². The topological polar surface area (TPSA) is 9.23 Å². The summed E-state index contributed by atoms with van der Waals surface area (Å²) in [6.45, 7) is 0. The van der Waals surface area contributed by atoms with Crippen LogP contribution in [-0.2, 0) is 0 Å². The maximum absolute atomic E-state index is 5.24. The summed E-state index contributed by atoms with van der Waals surface area (Å²) in [6, 6.07) is 6.31. The zero-order valence-corrected chi connectivity index (χ0v) is 11.1. The molecule has 0 aliphatic heterocycles. The van der Waals surface area contributed by atoms with Gasteiger partial charge in [-0.05, 0) is 34.3 Å². The predicted octanol–water partition coefficient (Wildman–Crippen LogP) is 4.39. The van der Waals surface area contributed by atoms with Gasteiger partial charge in [0.25, 0.3) is 0 Å². The zero-order chi connectivity index (χ0) is 10.1. The summed E-state index contributed by atoms with van der Waals surface area (Å²) in [5.41, 5.74) is 0. The van der Waals surface area contributed by atoms with E-state index < -0.39 is 0 Å². The van der Waals surface area contributed by atoms with Crippen molar-refractivity contribution in [2.45, 2.75) is 4.90 Å². The van der Waals surface area contributed by atoms with E-state index in [0.29, 0.717) is 0 Å². The van der Waals surface area contributed by atoms with E-state index in [0.717, 1.165) is 9.54 Å². The van der Waals surface area contributed by atoms with Gasteiger partial charge in [0.1, 0.15) is 0 Å². The first-order valence-corrected chi connectivity index (χ1v) is 6.89. The highest BCUT2D eigenvalue weighted by Gasteiger charge is 2.08. The van der Waals surface area contributed by atoms with Crippen molar-refractivity contribution in [3.8, 4) is 5.06 Å². The fourth-order valence-corrected chi connectivity index (χ4v) is 3.47. The Bertz CT molecular complexity index is 464. The lowest BCUT2D eigenvalue weighted by atomic mass is 10.3. The molecule has 1 nitrogen and oxygen atoms in total. The second kappa shape index (κ2) is 4.13. The Morgan fingerprint density at radius 2 is 2.21 bits per heavy atom. The molecule has 1 aromatic carbocycles. The first kappa shape index (κ1) is 10.3. The van der Waals surface area contributed by atoms with Crippen LogP contribution in [0.15, 0.2) is 27.6 Å². The normalized spacial score (nSPS) is 10.8. The second-order valence-electron chi connectivity index (χ2n) is 2.76. The molecule has 1 aromatic heterocycles. The summed E-state index contributed by atoms with van der Waals surface area (Å²) in [5, 5.41) is 2.23. The van der Waals surface area contributed by atoms with E-state index in [1.165, 1.54) is 15.0 Å². The molecule has 0 unspecified atom stereocenters. The molecular formula is C10H9BrOS2. The Balaban J connectivity index is 2.74. The van der Waals surface area contributed by atoms with Crippen LogP contribution in [0, 0.1) is 0 Å². The Morgan fingerprint density at radius 3 is 2.86 bits per heavy atom. The van der Waals surface area contributed by atoms with Crippen LogP contribution < -0.4 is 4.74 Å². The molecule has 0 amide bonds. The molecule has 0 saturated carbocycles. The van der Waals surface area contributed by atoms with Crippen LogP contribution >= 0.6 is 39.0 Å². The molecule has 0 spiro atoms. The van der Waals surface area contributed by atoms with Gasteiger partial charge in [0.05, 0.1) is 11.8 Å².